The number of aliphatic hydroxyl groups is 3. The molecule has 1 fully saturated rings. The summed E-state index contributed by atoms with van der Waals surface area (Å²) < 4.78 is 0. The first-order valence-corrected chi connectivity index (χ1v) is 11.5. The number of aliphatic hydroxyl groups excluding tert-OH is 3. The van der Waals surface area contributed by atoms with E-state index < -0.39 is 24.2 Å². The third-order valence-corrected chi connectivity index (χ3v) is 7.10. The van der Waals surface area contributed by atoms with E-state index >= 15 is 0 Å². The van der Waals surface area contributed by atoms with Crippen LogP contribution >= 0.6 is 34.3 Å². The lowest BCUT2D eigenvalue weighted by Gasteiger charge is -2.19. The lowest BCUT2D eigenvalue weighted by Crippen LogP contribution is -2.35. The van der Waals surface area contributed by atoms with Crippen molar-refractivity contribution in [3.63, 3.8) is 0 Å². The molecule has 6 N–H and O–H groups in total. The van der Waals surface area contributed by atoms with E-state index in [4.69, 9.17) is 17.3 Å². The van der Waals surface area contributed by atoms with Gasteiger partial charge in [0.2, 0.25) is 5.95 Å². The van der Waals surface area contributed by atoms with Crippen molar-refractivity contribution in [1.29, 1.82) is 0 Å². The maximum atomic E-state index is 10.3. The molecule has 162 valence electrons. The minimum absolute atomic E-state index is 0.0397. The van der Waals surface area contributed by atoms with Gasteiger partial charge in [0.15, 0.2) is 5.15 Å². The molecule has 0 spiro atoms. The van der Waals surface area contributed by atoms with Crippen LogP contribution in [0.25, 0.3) is 10.6 Å². The largest absolute Gasteiger partial charge is 0.396 e. The Morgan fingerprint density at radius 1 is 1.23 bits per heavy atom. The molecule has 3 aromatic heterocycles. The molecule has 0 bridgehead atoms. The van der Waals surface area contributed by atoms with E-state index in [0.717, 1.165) is 20.5 Å². The van der Waals surface area contributed by atoms with Crippen LogP contribution in [0.3, 0.4) is 0 Å². The van der Waals surface area contributed by atoms with Crippen molar-refractivity contribution in [3.05, 3.63) is 38.1 Å². The average Bonchev–Trinajstić information content (AvgIpc) is 3.43. The highest BCUT2D eigenvalue weighted by atomic mass is 35.5. The Balaban J connectivity index is 1.61. The number of nitrogens with zero attached hydrogens (tertiary/aromatic N) is 3. The minimum atomic E-state index is -1.07. The Morgan fingerprint density at radius 3 is 2.71 bits per heavy atom. The van der Waals surface area contributed by atoms with Crippen molar-refractivity contribution in [2.24, 2.45) is 5.92 Å². The second kappa shape index (κ2) is 9.08. The van der Waals surface area contributed by atoms with E-state index in [2.05, 4.69) is 32.1 Å². The van der Waals surface area contributed by atoms with Crippen LogP contribution in [0.4, 0.5) is 11.8 Å². The lowest BCUT2D eigenvalue weighted by atomic mass is 10.1. The maximum absolute atomic E-state index is 10.3. The van der Waals surface area contributed by atoms with E-state index in [0.29, 0.717) is 12.0 Å². The van der Waals surface area contributed by atoms with Crippen molar-refractivity contribution in [3.8, 4) is 22.4 Å². The number of thiophene rings is 1. The van der Waals surface area contributed by atoms with Gasteiger partial charge in [-0.2, -0.15) is 9.97 Å². The number of aromatic nitrogens is 3. The van der Waals surface area contributed by atoms with Crippen molar-refractivity contribution in [2.45, 2.75) is 31.6 Å². The lowest BCUT2D eigenvalue weighted by molar-refractivity contribution is 0.00445. The van der Waals surface area contributed by atoms with Gasteiger partial charge in [-0.25, -0.2) is 4.98 Å². The van der Waals surface area contributed by atoms with Gasteiger partial charge < -0.3 is 26.4 Å². The number of halogens is 1. The number of thiazole rings is 1. The molecule has 0 amide bonds. The molecule has 3 heterocycles. The smallest absolute Gasteiger partial charge is 0.223 e. The Bertz CT molecular complexity index is 1160. The molecule has 1 saturated carbocycles. The number of nitrogens with two attached hydrogens (primary N) is 1. The van der Waals surface area contributed by atoms with Gasteiger partial charge in [0, 0.05) is 17.9 Å². The summed E-state index contributed by atoms with van der Waals surface area (Å²) in [5, 5.41) is 35.9. The summed E-state index contributed by atoms with van der Waals surface area (Å²) in [6.07, 6.45) is -1.76. The van der Waals surface area contributed by atoms with Crippen molar-refractivity contribution in [2.75, 3.05) is 17.7 Å². The zero-order valence-corrected chi connectivity index (χ0v) is 18.8. The molecule has 0 aliphatic heterocycles. The third-order valence-electron chi connectivity index (χ3n) is 5.03. The minimum Gasteiger partial charge on any atom is -0.396 e. The standard InChI is InChI=1S/C20H20ClN5O3S2/c1-9-23-14(8-30-9)15-5-3-11(31-15)2-4-12-18(21)25-20(22)26-19(12)24-13-6-10(7-27)16(28)17(13)29/h3,5,8,10,13,16-17,27-29H,6-7H2,1H3,(H3,22,24,25,26). The van der Waals surface area contributed by atoms with Crippen LogP contribution in [0, 0.1) is 24.7 Å². The zero-order valence-electron chi connectivity index (χ0n) is 16.4. The predicted molar refractivity (Wildman–Crippen MR) is 122 cm³/mol. The molecule has 1 aliphatic rings. The van der Waals surface area contributed by atoms with Crippen molar-refractivity contribution >= 4 is 46.0 Å². The van der Waals surface area contributed by atoms with Crippen LogP contribution in [0.1, 0.15) is 21.9 Å². The fourth-order valence-electron chi connectivity index (χ4n) is 3.43. The molecule has 0 saturated heterocycles. The van der Waals surface area contributed by atoms with Gasteiger partial charge in [-0.1, -0.05) is 23.4 Å². The third kappa shape index (κ3) is 4.67. The molecule has 31 heavy (non-hydrogen) atoms. The van der Waals surface area contributed by atoms with Gasteiger partial charge in [0.1, 0.15) is 17.5 Å². The first-order chi connectivity index (χ1) is 14.9. The molecule has 0 radical (unpaired) electrons. The highest BCUT2D eigenvalue weighted by Crippen LogP contribution is 2.31. The summed E-state index contributed by atoms with van der Waals surface area (Å²) in [5.74, 6) is 5.86. The van der Waals surface area contributed by atoms with Gasteiger partial charge in [-0.3, -0.25) is 0 Å². The van der Waals surface area contributed by atoms with E-state index in [1.807, 2.05) is 24.4 Å². The van der Waals surface area contributed by atoms with E-state index in [1.54, 1.807) is 11.3 Å². The summed E-state index contributed by atoms with van der Waals surface area (Å²) in [6.45, 7) is 1.73. The topological polar surface area (TPSA) is 137 Å². The number of nitrogens with one attached hydrogen (secondary N) is 1. The Morgan fingerprint density at radius 2 is 2.03 bits per heavy atom. The van der Waals surface area contributed by atoms with Crippen LogP contribution < -0.4 is 11.1 Å². The molecule has 3 aromatic rings. The SMILES string of the molecule is Cc1nc(-c2ccc(C#Cc3c(Cl)nc(N)nc3NC3CC(CO)C(O)C3O)s2)cs1. The number of nitrogen functional groups attached to an aromatic ring is 1. The van der Waals surface area contributed by atoms with Gasteiger partial charge in [0.05, 0.1) is 32.6 Å². The number of hydrogen-bond donors (Lipinski definition) is 5. The van der Waals surface area contributed by atoms with Gasteiger partial charge in [-0.05, 0) is 25.5 Å². The van der Waals surface area contributed by atoms with E-state index in [1.165, 1.54) is 11.3 Å². The molecular weight excluding hydrogens is 458 g/mol. The van der Waals surface area contributed by atoms with Crippen LogP contribution in [0.15, 0.2) is 17.5 Å². The Kier molecular flexibility index (Phi) is 6.43. The fraction of sp³-hybridized carbons (Fsp3) is 0.350. The summed E-state index contributed by atoms with van der Waals surface area (Å²) in [7, 11) is 0. The normalized spacial score (nSPS) is 22.9. The van der Waals surface area contributed by atoms with E-state index in [9.17, 15) is 15.3 Å². The average molecular weight is 478 g/mol. The summed E-state index contributed by atoms with van der Waals surface area (Å²) >= 11 is 9.38. The Hall–Kier alpha value is -2.26. The van der Waals surface area contributed by atoms with Crippen LogP contribution in [0.5, 0.6) is 0 Å². The molecule has 11 heteroatoms. The molecule has 0 aromatic carbocycles. The fourth-order valence-corrected chi connectivity index (χ4v) is 5.16. The van der Waals surface area contributed by atoms with Crippen molar-refractivity contribution in [1.82, 2.24) is 15.0 Å². The quantitative estimate of drug-likeness (QED) is 0.284. The highest BCUT2D eigenvalue weighted by Gasteiger charge is 2.41. The first-order valence-electron chi connectivity index (χ1n) is 9.46. The summed E-state index contributed by atoms with van der Waals surface area (Å²) in [5.41, 5.74) is 7.00. The van der Waals surface area contributed by atoms with E-state index in [-0.39, 0.29) is 23.5 Å². The van der Waals surface area contributed by atoms with Gasteiger partial charge >= 0.3 is 0 Å². The summed E-state index contributed by atoms with van der Waals surface area (Å²) in [6, 6.07) is 3.33. The predicted octanol–water partition coefficient (Wildman–Crippen LogP) is 2.12. The van der Waals surface area contributed by atoms with Gasteiger partial charge in [-0.15, -0.1) is 22.7 Å². The maximum Gasteiger partial charge on any atom is 0.223 e. The monoisotopic (exact) mass is 477 g/mol. The summed E-state index contributed by atoms with van der Waals surface area (Å²) in [4.78, 5) is 14.5. The molecule has 4 unspecified atom stereocenters. The molecular formula is C20H20ClN5O3S2. The van der Waals surface area contributed by atoms with Gasteiger partial charge in [0.25, 0.3) is 0 Å². The van der Waals surface area contributed by atoms with Crippen molar-refractivity contribution < 1.29 is 15.3 Å². The molecule has 4 atom stereocenters. The number of hydrogen-bond acceptors (Lipinski definition) is 10. The second-order valence-electron chi connectivity index (χ2n) is 7.17. The molecule has 1 aliphatic carbocycles. The molecule has 8 nitrogen and oxygen atoms in total. The van der Waals surface area contributed by atoms with Crippen LogP contribution in [0.2, 0.25) is 5.15 Å². The van der Waals surface area contributed by atoms with Crippen LogP contribution in [-0.2, 0) is 0 Å². The zero-order chi connectivity index (χ0) is 22.1. The van der Waals surface area contributed by atoms with Crippen LogP contribution in [-0.4, -0.2) is 55.1 Å². The number of aryl methyl sites for hydroxylation is 1. The highest BCUT2D eigenvalue weighted by molar-refractivity contribution is 7.16. The Labute approximate surface area is 191 Å². The number of rotatable bonds is 4. The molecule has 4 rings (SSSR count). The number of anilines is 2. The second-order valence-corrected chi connectivity index (χ2v) is 9.68. The first kappa shape index (κ1) is 22.0.